The van der Waals surface area contributed by atoms with Crippen LogP contribution in [0.5, 0.6) is 5.75 Å². The number of nitrogens with one attached hydrogen (secondary N) is 1. The highest BCUT2D eigenvalue weighted by molar-refractivity contribution is 7.89. The zero-order valence-corrected chi connectivity index (χ0v) is 21.9. The van der Waals surface area contributed by atoms with Gasteiger partial charge in [0.05, 0.1) is 17.7 Å². The molecule has 3 aromatic rings. The molecule has 0 heterocycles. The molecule has 0 atom stereocenters. The molecule has 1 aliphatic carbocycles. The number of hydrogen-bond donors (Lipinski definition) is 1. The first-order valence-corrected chi connectivity index (χ1v) is 14.0. The van der Waals surface area contributed by atoms with E-state index in [1.54, 1.807) is 24.3 Å². The molecule has 0 saturated heterocycles. The van der Waals surface area contributed by atoms with Gasteiger partial charge in [-0.15, -0.1) is 0 Å². The molecule has 0 unspecified atom stereocenters. The first kappa shape index (κ1) is 26.6. The number of carbonyl (C=O) groups excluding carboxylic acids is 1. The van der Waals surface area contributed by atoms with Crippen LogP contribution in [-0.4, -0.2) is 37.4 Å². The number of hydrazone groups is 1. The molecule has 1 N–H and O–H groups in total. The van der Waals surface area contributed by atoms with Crippen molar-refractivity contribution in [2.75, 3.05) is 6.54 Å². The summed E-state index contributed by atoms with van der Waals surface area (Å²) in [6.07, 6.45) is 5.98. The van der Waals surface area contributed by atoms with Gasteiger partial charge in [-0.05, 0) is 49.6 Å². The van der Waals surface area contributed by atoms with Crippen molar-refractivity contribution < 1.29 is 17.9 Å². The third-order valence-corrected chi connectivity index (χ3v) is 8.37. The zero-order chi connectivity index (χ0) is 26.1. The average molecular weight is 520 g/mol. The van der Waals surface area contributed by atoms with E-state index in [-0.39, 0.29) is 17.5 Å². The third-order valence-electron chi connectivity index (χ3n) is 6.46. The van der Waals surface area contributed by atoms with Gasteiger partial charge in [-0.1, -0.05) is 79.4 Å². The van der Waals surface area contributed by atoms with Crippen LogP contribution in [0.15, 0.2) is 88.9 Å². The minimum absolute atomic E-state index is 0.199. The molecule has 1 aliphatic rings. The second kappa shape index (κ2) is 12.7. The molecule has 37 heavy (non-hydrogen) atoms. The Kier molecular flexibility index (Phi) is 9.09. The van der Waals surface area contributed by atoms with E-state index in [0.29, 0.717) is 17.9 Å². The third kappa shape index (κ3) is 7.27. The van der Waals surface area contributed by atoms with E-state index in [4.69, 9.17) is 4.74 Å². The minimum atomic E-state index is -3.83. The number of para-hydroxylation sites is 1. The Balaban J connectivity index is 1.43. The SMILES string of the molecule is Cc1ccc(S(=O)(=O)N(CC(=O)N/N=C/c2ccccc2OCc2ccccc2)C2CCCCC2)cc1. The number of sulfonamides is 1. The molecule has 1 saturated carbocycles. The molecule has 8 heteroatoms. The predicted octanol–water partition coefficient (Wildman–Crippen LogP) is 5.05. The number of hydrogen-bond acceptors (Lipinski definition) is 5. The molecule has 0 bridgehead atoms. The van der Waals surface area contributed by atoms with Crippen LogP contribution in [0.3, 0.4) is 0 Å². The van der Waals surface area contributed by atoms with Crippen molar-refractivity contribution in [3.8, 4) is 5.75 Å². The molecule has 3 aromatic carbocycles. The maximum atomic E-state index is 13.5. The molecule has 0 aliphatic heterocycles. The Labute approximate surface area is 219 Å². The van der Waals surface area contributed by atoms with Gasteiger partial charge in [-0.25, -0.2) is 13.8 Å². The monoisotopic (exact) mass is 519 g/mol. The minimum Gasteiger partial charge on any atom is -0.488 e. The van der Waals surface area contributed by atoms with Gasteiger partial charge in [-0.3, -0.25) is 4.79 Å². The summed E-state index contributed by atoms with van der Waals surface area (Å²) in [7, 11) is -3.83. The van der Waals surface area contributed by atoms with E-state index in [2.05, 4.69) is 10.5 Å². The fraction of sp³-hybridized carbons (Fsp3) is 0.310. The lowest BCUT2D eigenvalue weighted by atomic mass is 9.95. The van der Waals surface area contributed by atoms with Crippen LogP contribution >= 0.6 is 0 Å². The zero-order valence-electron chi connectivity index (χ0n) is 21.0. The summed E-state index contributed by atoms with van der Waals surface area (Å²) in [4.78, 5) is 13.1. The van der Waals surface area contributed by atoms with E-state index < -0.39 is 15.9 Å². The Morgan fingerprint density at radius 1 is 0.973 bits per heavy atom. The second-order valence-corrected chi connectivity index (χ2v) is 11.2. The van der Waals surface area contributed by atoms with Crippen molar-refractivity contribution in [3.63, 3.8) is 0 Å². The number of amides is 1. The topological polar surface area (TPSA) is 88.1 Å². The summed E-state index contributed by atoms with van der Waals surface area (Å²) >= 11 is 0. The van der Waals surface area contributed by atoms with Crippen LogP contribution in [0.25, 0.3) is 0 Å². The summed E-state index contributed by atoms with van der Waals surface area (Å²) in [5.74, 6) is 0.148. The number of carbonyl (C=O) groups is 1. The van der Waals surface area contributed by atoms with Crippen LogP contribution in [0, 0.1) is 6.92 Å². The van der Waals surface area contributed by atoms with Gasteiger partial charge in [0.15, 0.2) is 0 Å². The first-order chi connectivity index (χ1) is 17.9. The van der Waals surface area contributed by atoms with Crippen LogP contribution < -0.4 is 10.2 Å². The average Bonchev–Trinajstić information content (AvgIpc) is 2.92. The predicted molar refractivity (Wildman–Crippen MR) is 145 cm³/mol. The van der Waals surface area contributed by atoms with Gasteiger partial charge in [0, 0.05) is 11.6 Å². The number of aryl methyl sites for hydroxylation is 1. The van der Waals surface area contributed by atoms with Crippen molar-refractivity contribution >= 4 is 22.1 Å². The van der Waals surface area contributed by atoms with Crippen molar-refractivity contribution in [2.24, 2.45) is 5.10 Å². The van der Waals surface area contributed by atoms with Gasteiger partial charge in [0.2, 0.25) is 10.0 Å². The molecule has 1 amide bonds. The van der Waals surface area contributed by atoms with Crippen molar-refractivity contribution in [1.82, 2.24) is 9.73 Å². The van der Waals surface area contributed by atoms with E-state index in [0.717, 1.165) is 43.2 Å². The molecule has 194 valence electrons. The molecule has 1 fully saturated rings. The summed E-state index contributed by atoms with van der Waals surface area (Å²) in [5.41, 5.74) is 5.22. The van der Waals surface area contributed by atoms with Crippen LogP contribution in [0.4, 0.5) is 0 Å². The quantitative estimate of drug-likeness (QED) is 0.300. The summed E-state index contributed by atoms with van der Waals surface area (Å²) < 4.78 is 34.3. The molecule has 0 spiro atoms. The maximum Gasteiger partial charge on any atom is 0.255 e. The summed E-state index contributed by atoms with van der Waals surface area (Å²) in [5, 5.41) is 4.10. The molecule has 0 radical (unpaired) electrons. The lowest BCUT2D eigenvalue weighted by Crippen LogP contribution is -2.46. The van der Waals surface area contributed by atoms with E-state index in [9.17, 15) is 13.2 Å². The van der Waals surface area contributed by atoms with Gasteiger partial charge in [-0.2, -0.15) is 9.41 Å². The van der Waals surface area contributed by atoms with E-state index in [1.807, 2.05) is 61.5 Å². The Hall–Kier alpha value is -3.49. The van der Waals surface area contributed by atoms with Crippen molar-refractivity contribution in [2.45, 2.75) is 56.6 Å². The van der Waals surface area contributed by atoms with Crippen molar-refractivity contribution in [3.05, 3.63) is 95.6 Å². The normalized spacial score (nSPS) is 14.6. The van der Waals surface area contributed by atoms with Gasteiger partial charge in [0.1, 0.15) is 12.4 Å². The molecule has 7 nitrogen and oxygen atoms in total. The lowest BCUT2D eigenvalue weighted by molar-refractivity contribution is -0.121. The van der Waals surface area contributed by atoms with E-state index in [1.165, 1.54) is 10.5 Å². The van der Waals surface area contributed by atoms with Gasteiger partial charge >= 0.3 is 0 Å². The Morgan fingerprint density at radius 3 is 2.38 bits per heavy atom. The Bertz CT molecular complexity index is 1300. The molecule has 0 aromatic heterocycles. The van der Waals surface area contributed by atoms with Crippen LogP contribution in [0.1, 0.15) is 48.8 Å². The number of rotatable bonds is 10. The number of nitrogens with zero attached hydrogens (tertiary/aromatic N) is 2. The van der Waals surface area contributed by atoms with E-state index >= 15 is 0 Å². The highest BCUT2D eigenvalue weighted by Gasteiger charge is 2.33. The maximum absolute atomic E-state index is 13.5. The lowest BCUT2D eigenvalue weighted by Gasteiger charge is -2.32. The molecule has 4 rings (SSSR count). The fourth-order valence-electron chi connectivity index (χ4n) is 4.43. The van der Waals surface area contributed by atoms with Crippen LogP contribution in [-0.2, 0) is 21.4 Å². The second-order valence-electron chi connectivity index (χ2n) is 9.26. The number of benzene rings is 3. The standard InChI is InChI=1S/C29H33N3O4S/c1-23-16-18-27(19-17-23)37(34,35)32(26-13-6-3-7-14-26)21-29(33)31-30-20-25-12-8-9-15-28(25)36-22-24-10-4-2-5-11-24/h2,4-5,8-12,15-20,26H,3,6-7,13-14,21-22H2,1H3,(H,31,33)/b30-20+. The van der Waals surface area contributed by atoms with Gasteiger partial charge < -0.3 is 4.74 Å². The smallest absolute Gasteiger partial charge is 0.255 e. The fourth-order valence-corrected chi connectivity index (χ4v) is 6.07. The molecular weight excluding hydrogens is 486 g/mol. The highest BCUT2D eigenvalue weighted by atomic mass is 32.2. The summed E-state index contributed by atoms with van der Waals surface area (Å²) in [6, 6.07) is 23.8. The largest absolute Gasteiger partial charge is 0.488 e. The number of ether oxygens (including phenoxy) is 1. The first-order valence-electron chi connectivity index (χ1n) is 12.6. The summed E-state index contributed by atoms with van der Waals surface area (Å²) in [6.45, 7) is 2.03. The van der Waals surface area contributed by atoms with Crippen molar-refractivity contribution in [1.29, 1.82) is 0 Å². The Morgan fingerprint density at radius 2 is 1.65 bits per heavy atom. The van der Waals surface area contributed by atoms with Crippen LogP contribution in [0.2, 0.25) is 0 Å². The molecular formula is C29H33N3O4S. The van der Waals surface area contributed by atoms with Gasteiger partial charge in [0.25, 0.3) is 5.91 Å². The highest BCUT2D eigenvalue weighted by Crippen LogP contribution is 2.28.